The summed E-state index contributed by atoms with van der Waals surface area (Å²) in [5, 5.41) is 18.9. The number of aliphatic hydroxyl groups excluding tert-OH is 1. The molecule has 6 nitrogen and oxygen atoms in total. The molecule has 0 fully saturated rings. The van der Waals surface area contributed by atoms with Gasteiger partial charge in [-0.1, -0.05) is 11.3 Å². The molecule has 0 aliphatic carbocycles. The third kappa shape index (κ3) is 2.72. The quantitative estimate of drug-likeness (QED) is 0.594. The number of amides is 1. The number of rotatable bonds is 3. The summed E-state index contributed by atoms with van der Waals surface area (Å²) in [6, 6.07) is -0.941. The van der Waals surface area contributed by atoms with Gasteiger partial charge in [-0.15, -0.1) is 10.2 Å². The van der Waals surface area contributed by atoms with Crippen LogP contribution in [0, 0.1) is 0 Å². The summed E-state index contributed by atoms with van der Waals surface area (Å²) in [7, 11) is 0. The third-order valence-corrected chi connectivity index (χ3v) is 2.02. The zero-order valence-corrected chi connectivity index (χ0v) is 7.78. The Morgan fingerprint density at radius 3 is 3.00 bits per heavy atom. The van der Waals surface area contributed by atoms with Crippen molar-refractivity contribution in [2.45, 2.75) is 19.1 Å². The highest BCUT2D eigenvalue weighted by atomic mass is 32.1. The average Bonchev–Trinajstić information content (AvgIpc) is 2.55. The van der Waals surface area contributed by atoms with Crippen LogP contribution in [-0.2, 0) is 4.79 Å². The third-order valence-electron chi connectivity index (χ3n) is 1.41. The standard InChI is InChI=1S/C6H10N4O2S/c1-3(11)4(7)5(12)9-6-10-8-2-13-6/h2-4,11H,7H2,1H3,(H,9,10,12). The van der Waals surface area contributed by atoms with Gasteiger partial charge in [0.15, 0.2) is 0 Å². The van der Waals surface area contributed by atoms with E-state index in [1.807, 2.05) is 0 Å². The van der Waals surface area contributed by atoms with Crippen molar-refractivity contribution in [3.8, 4) is 0 Å². The molecule has 0 radical (unpaired) electrons. The second kappa shape index (κ2) is 4.26. The maximum absolute atomic E-state index is 11.2. The van der Waals surface area contributed by atoms with Gasteiger partial charge < -0.3 is 10.8 Å². The van der Waals surface area contributed by atoms with Gasteiger partial charge in [-0.3, -0.25) is 10.1 Å². The number of anilines is 1. The Morgan fingerprint density at radius 2 is 2.54 bits per heavy atom. The number of hydrogen-bond donors (Lipinski definition) is 3. The lowest BCUT2D eigenvalue weighted by atomic mass is 10.2. The monoisotopic (exact) mass is 202 g/mol. The first-order valence-corrected chi connectivity index (χ1v) is 4.50. The minimum atomic E-state index is -0.941. The lowest BCUT2D eigenvalue weighted by molar-refractivity contribution is -0.119. The van der Waals surface area contributed by atoms with Gasteiger partial charge in [0, 0.05) is 0 Å². The van der Waals surface area contributed by atoms with Gasteiger partial charge in [-0.05, 0) is 6.92 Å². The molecular weight excluding hydrogens is 192 g/mol. The minimum absolute atomic E-state index is 0.376. The summed E-state index contributed by atoms with van der Waals surface area (Å²) in [6.07, 6.45) is -0.882. The van der Waals surface area contributed by atoms with Crippen LogP contribution in [0.4, 0.5) is 5.13 Å². The predicted octanol–water partition coefficient (Wildman–Crippen LogP) is -0.815. The van der Waals surface area contributed by atoms with E-state index in [0.717, 1.165) is 0 Å². The zero-order valence-electron chi connectivity index (χ0n) is 6.97. The molecule has 0 saturated carbocycles. The minimum Gasteiger partial charge on any atom is -0.391 e. The summed E-state index contributed by atoms with van der Waals surface area (Å²) in [5.74, 6) is -0.466. The maximum atomic E-state index is 11.2. The first kappa shape index (κ1) is 10.0. The summed E-state index contributed by atoms with van der Waals surface area (Å²) in [4.78, 5) is 11.2. The first-order chi connectivity index (χ1) is 6.11. The second-order valence-corrected chi connectivity index (χ2v) is 3.33. The molecule has 0 aliphatic heterocycles. The molecule has 0 bridgehead atoms. The summed E-state index contributed by atoms with van der Waals surface area (Å²) < 4.78 is 0. The number of nitrogens with zero attached hydrogens (tertiary/aromatic N) is 2. The lowest BCUT2D eigenvalue weighted by Crippen LogP contribution is -2.43. The van der Waals surface area contributed by atoms with E-state index in [9.17, 15) is 4.79 Å². The van der Waals surface area contributed by atoms with Crippen LogP contribution in [0.1, 0.15) is 6.92 Å². The molecule has 0 saturated heterocycles. The molecule has 1 rings (SSSR count). The molecule has 13 heavy (non-hydrogen) atoms. The highest BCUT2D eigenvalue weighted by Crippen LogP contribution is 2.08. The van der Waals surface area contributed by atoms with Crippen LogP contribution >= 0.6 is 11.3 Å². The van der Waals surface area contributed by atoms with E-state index in [-0.39, 0.29) is 0 Å². The number of aliphatic hydroxyl groups is 1. The van der Waals surface area contributed by atoms with Crippen LogP contribution in [0.25, 0.3) is 0 Å². The smallest absolute Gasteiger partial charge is 0.245 e. The molecule has 1 amide bonds. The Hall–Kier alpha value is -1.05. The van der Waals surface area contributed by atoms with E-state index in [1.165, 1.54) is 23.8 Å². The number of nitrogens with one attached hydrogen (secondary N) is 1. The van der Waals surface area contributed by atoms with Crippen LogP contribution in [0.2, 0.25) is 0 Å². The van der Waals surface area contributed by atoms with Crippen LogP contribution in [0.15, 0.2) is 5.51 Å². The molecular formula is C6H10N4O2S. The van der Waals surface area contributed by atoms with Gasteiger partial charge in [0.2, 0.25) is 11.0 Å². The Labute approximate surface area is 78.8 Å². The fraction of sp³-hybridized carbons (Fsp3) is 0.500. The summed E-state index contributed by atoms with van der Waals surface area (Å²) in [5.41, 5.74) is 6.86. The SMILES string of the molecule is CC(O)C(N)C(=O)Nc1nncs1. The molecule has 1 heterocycles. The number of hydrogen-bond acceptors (Lipinski definition) is 6. The largest absolute Gasteiger partial charge is 0.391 e. The molecule has 7 heteroatoms. The van der Waals surface area contributed by atoms with Crippen molar-refractivity contribution >= 4 is 22.4 Å². The molecule has 4 N–H and O–H groups in total. The van der Waals surface area contributed by atoms with Crippen molar-refractivity contribution in [3.05, 3.63) is 5.51 Å². The number of carbonyl (C=O) groups excluding carboxylic acids is 1. The zero-order chi connectivity index (χ0) is 9.84. The highest BCUT2D eigenvalue weighted by Gasteiger charge is 2.19. The molecule has 1 aromatic rings. The number of carbonyl (C=O) groups is 1. The van der Waals surface area contributed by atoms with E-state index in [0.29, 0.717) is 5.13 Å². The molecule has 0 spiro atoms. The Bertz CT molecular complexity index is 274. The Morgan fingerprint density at radius 1 is 1.85 bits per heavy atom. The van der Waals surface area contributed by atoms with Crippen molar-refractivity contribution in [2.24, 2.45) is 5.73 Å². The fourth-order valence-electron chi connectivity index (χ4n) is 0.635. The predicted molar refractivity (Wildman–Crippen MR) is 48.2 cm³/mol. The highest BCUT2D eigenvalue weighted by molar-refractivity contribution is 7.13. The molecule has 2 unspecified atom stereocenters. The van der Waals surface area contributed by atoms with Gasteiger partial charge in [0.1, 0.15) is 11.6 Å². The molecule has 0 aliphatic rings. The van der Waals surface area contributed by atoms with Crippen LogP contribution in [0.5, 0.6) is 0 Å². The van der Waals surface area contributed by atoms with Gasteiger partial charge >= 0.3 is 0 Å². The van der Waals surface area contributed by atoms with Gasteiger partial charge in [-0.25, -0.2) is 0 Å². The topological polar surface area (TPSA) is 101 Å². The fourth-order valence-corrected chi connectivity index (χ4v) is 1.08. The van der Waals surface area contributed by atoms with Gasteiger partial charge in [-0.2, -0.15) is 0 Å². The van der Waals surface area contributed by atoms with Crippen molar-refractivity contribution in [3.63, 3.8) is 0 Å². The second-order valence-electron chi connectivity index (χ2n) is 2.50. The number of nitrogens with two attached hydrogens (primary N) is 1. The van der Waals surface area contributed by atoms with Crippen molar-refractivity contribution in [1.29, 1.82) is 0 Å². The van der Waals surface area contributed by atoms with Gasteiger partial charge in [0.05, 0.1) is 6.10 Å². The average molecular weight is 202 g/mol. The summed E-state index contributed by atoms with van der Waals surface area (Å²) in [6.45, 7) is 1.45. The van der Waals surface area contributed by atoms with E-state index in [1.54, 1.807) is 0 Å². The molecule has 1 aromatic heterocycles. The van der Waals surface area contributed by atoms with Crippen molar-refractivity contribution in [1.82, 2.24) is 10.2 Å². The van der Waals surface area contributed by atoms with E-state index in [2.05, 4.69) is 15.5 Å². The molecule has 72 valence electrons. The Balaban J connectivity index is 2.51. The maximum Gasteiger partial charge on any atom is 0.245 e. The van der Waals surface area contributed by atoms with Gasteiger partial charge in [0.25, 0.3) is 0 Å². The number of aromatic nitrogens is 2. The first-order valence-electron chi connectivity index (χ1n) is 3.62. The van der Waals surface area contributed by atoms with E-state index < -0.39 is 18.1 Å². The molecule has 0 aromatic carbocycles. The molecule has 2 atom stereocenters. The van der Waals surface area contributed by atoms with Crippen molar-refractivity contribution < 1.29 is 9.90 Å². The van der Waals surface area contributed by atoms with Crippen LogP contribution < -0.4 is 11.1 Å². The normalized spacial score (nSPS) is 15.0. The Kier molecular flexibility index (Phi) is 3.29. The van der Waals surface area contributed by atoms with Crippen molar-refractivity contribution in [2.75, 3.05) is 5.32 Å². The van der Waals surface area contributed by atoms with E-state index in [4.69, 9.17) is 10.8 Å². The van der Waals surface area contributed by atoms with E-state index >= 15 is 0 Å². The summed E-state index contributed by atoms with van der Waals surface area (Å²) >= 11 is 1.19. The lowest BCUT2D eigenvalue weighted by Gasteiger charge is -2.12. The van der Waals surface area contributed by atoms with Crippen LogP contribution in [0.3, 0.4) is 0 Å². The van der Waals surface area contributed by atoms with Crippen LogP contribution in [-0.4, -0.2) is 33.4 Å².